The first-order chi connectivity index (χ1) is 16.6. The fourth-order valence-electron chi connectivity index (χ4n) is 5.16. The Balaban J connectivity index is 1.29. The second kappa shape index (κ2) is 8.07. The maximum Gasteiger partial charge on any atom is 0.344 e. The van der Waals surface area contributed by atoms with E-state index in [1.54, 1.807) is 13.0 Å². The van der Waals surface area contributed by atoms with E-state index < -0.39 is 47.4 Å². The highest BCUT2D eigenvalue weighted by Crippen LogP contribution is 2.36. The molecule has 1 aliphatic carbocycles. The van der Waals surface area contributed by atoms with Gasteiger partial charge in [0, 0.05) is 0 Å². The summed E-state index contributed by atoms with van der Waals surface area (Å²) in [6.45, 7) is 3.05. The Bertz CT molecular complexity index is 1270. The van der Waals surface area contributed by atoms with Crippen molar-refractivity contribution >= 4 is 40.6 Å². The third kappa shape index (κ3) is 3.69. The lowest BCUT2D eigenvalue weighted by Crippen LogP contribution is -2.53. The zero-order valence-corrected chi connectivity index (χ0v) is 19.6. The van der Waals surface area contributed by atoms with Crippen molar-refractivity contribution in [3.63, 3.8) is 0 Å². The predicted molar refractivity (Wildman–Crippen MR) is 125 cm³/mol. The maximum atomic E-state index is 13.3. The minimum absolute atomic E-state index is 0.463. The van der Waals surface area contributed by atoms with Crippen LogP contribution in [0.2, 0.25) is 0 Å². The molecule has 7 amide bonds. The van der Waals surface area contributed by atoms with Crippen molar-refractivity contribution in [2.75, 3.05) is 6.54 Å². The summed E-state index contributed by atoms with van der Waals surface area (Å²) < 4.78 is 0. The van der Waals surface area contributed by atoms with Gasteiger partial charge < -0.3 is 10.6 Å². The zero-order chi connectivity index (χ0) is 25.0. The van der Waals surface area contributed by atoms with Gasteiger partial charge in [-0.3, -0.25) is 24.7 Å². The van der Waals surface area contributed by atoms with Gasteiger partial charge in [-0.15, -0.1) is 0 Å². The highest BCUT2D eigenvalue weighted by molar-refractivity contribution is 6.11. The van der Waals surface area contributed by atoms with Crippen LogP contribution in [-0.4, -0.2) is 51.8 Å². The van der Waals surface area contributed by atoms with Crippen molar-refractivity contribution in [1.29, 1.82) is 0 Å². The Morgan fingerprint density at radius 3 is 2.37 bits per heavy atom. The molecule has 5 rings (SSSR count). The molecule has 10 nitrogen and oxygen atoms in total. The van der Waals surface area contributed by atoms with E-state index in [2.05, 4.69) is 23.0 Å². The number of fused-ring (bicyclic) bond motifs is 1. The van der Waals surface area contributed by atoms with Gasteiger partial charge in [-0.2, -0.15) is 5.01 Å². The van der Waals surface area contributed by atoms with Gasteiger partial charge in [-0.05, 0) is 60.9 Å². The lowest BCUT2D eigenvalue weighted by molar-refractivity contribution is -0.141. The monoisotopic (exact) mass is 477 g/mol. The standard InChI is InChI=1S/C25H27N5O5/c1-15-9-11-25(12-10-15)21(33)30(23(35)27-25)28-19(31)14-29-20(32)24(2,26-22(29)34)18-8-7-16-5-3-4-6-17(16)13-18/h3-8,13,15H,9-12,14H2,1-2H3,(H,26,34)(H,27,35)(H,28,31). The van der Waals surface area contributed by atoms with Gasteiger partial charge in [0.1, 0.15) is 17.6 Å². The van der Waals surface area contributed by atoms with Crippen LogP contribution in [0.1, 0.15) is 45.1 Å². The van der Waals surface area contributed by atoms with E-state index in [4.69, 9.17) is 0 Å². The number of benzene rings is 2. The SMILES string of the molecule is CC1CCC2(CC1)NC(=O)N(NC(=O)CN1C(=O)NC(C)(c3ccc4ccccc4c3)C1=O)C2=O. The van der Waals surface area contributed by atoms with E-state index in [9.17, 15) is 24.0 Å². The van der Waals surface area contributed by atoms with Gasteiger partial charge in [0.2, 0.25) is 0 Å². The lowest BCUT2D eigenvalue weighted by atomic mass is 9.77. The number of nitrogens with zero attached hydrogens (tertiary/aromatic N) is 2. The fourth-order valence-corrected chi connectivity index (χ4v) is 5.16. The van der Waals surface area contributed by atoms with Crippen molar-refractivity contribution in [2.24, 2.45) is 5.92 Å². The number of urea groups is 2. The molecule has 1 unspecified atom stereocenters. The molecule has 3 aliphatic rings. The molecule has 1 atom stereocenters. The van der Waals surface area contributed by atoms with Gasteiger partial charge in [0.25, 0.3) is 17.7 Å². The number of nitrogens with one attached hydrogen (secondary N) is 3. The maximum absolute atomic E-state index is 13.3. The van der Waals surface area contributed by atoms with Crippen LogP contribution in [-0.2, 0) is 19.9 Å². The largest absolute Gasteiger partial charge is 0.344 e. The Kier molecular flexibility index (Phi) is 5.26. The number of carbonyl (C=O) groups excluding carboxylic acids is 5. The third-order valence-corrected chi connectivity index (χ3v) is 7.43. The number of amides is 7. The summed E-state index contributed by atoms with van der Waals surface area (Å²) >= 11 is 0. The van der Waals surface area contributed by atoms with Crippen LogP contribution >= 0.6 is 0 Å². The smallest absolute Gasteiger partial charge is 0.322 e. The second-order valence-corrected chi connectivity index (χ2v) is 9.88. The van der Waals surface area contributed by atoms with E-state index in [1.165, 1.54) is 0 Å². The van der Waals surface area contributed by atoms with Crippen LogP contribution in [0.15, 0.2) is 42.5 Å². The van der Waals surface area contributed by atoms with Crippen LogP contribution < -0.4 is 16.1 Å². The predicted octanol–water partition coefficient (Wildman–Crippen LogP) is 2.14. The molecular weight excluding hydrogens is 450 g/mol. The second-order valence-electron chi connectivity index (χ2n) is 9.88. The summed E-state index contributed by atoms with van der Waals surface area (Å²) in [5.41, 5.74) is 0.499. The molecule has 10 heteroatoms. The van der Waals surface area contributed by atoms with E-state index in [0.717, 1.165) is 28.5 Å². The van der Waals surface area contributed by atoms with E-state index >= 15 is 0 Å². The first-order valence-electron chi connectivity index (χ1n) is 11.7. The summed E-state index contributed by atoms with van der Waals surface area (Å²) in [5, 5.41) is 7.96. The molecule has 35 heavy (non-hydrogen) atoms. The number of hydrazine groups is 1. The summed E-state index contributed by atoms with van der Waals surface area (Å²) in [6.07, 6.45) is 2.59. The highest BCUT2D eigenvalue weighted by atomic mass is 16.2. The minimum atomic E-state index is -1.36. The van der Waals surface area contributed by atoms with Gasteiger partial charge in [0.05, 0.1) is 0 Å². The molecule has 0 radical (unpaired) electrons. The highest BCUT2D eigenvalue weighted by Gasteiger charge is 2.54. The summed E-state index contributed by atoms with van der Waals surface area (Å²) in [4.78, 5) is 64.9. The van der Waals surface area contributed by atoms with Crippen LogP contribution in [0.3, 0.4) is 0 Å². The number of hydrogen-bond donors (Lipinski definition) is 3. The summed E-state index contributed by atoms with van der Waals surface area (Å²) in [6, 6.07) is 11.7. The van der Waals surface area contributed by atoms with E-state index in [1.807, 2.05) is 36.4 Å². The van der Waals surface area contributed by atoms with Crippen molar-refractivity contribution in [3.05, 3.63) is 48.0 Å². The van der Waals surface area contributed by atoms with Crippen molar-refractivity contribution in [1.82, 2.24) is 26.0 Å². The average Bonchev–Trinajstić information content (AvgIpc) is 3.20. The molecular formula is C25H27N5O5. The molecule has 0 aromatic heterocycles. The van der Waals surface area contributed by atoms with E-state index in [-0.39, 0.29) is 0 Å². The van der Waals surface area contributed by atoms with E-state index in [0.29, 0.717) is 29.3 Å². The van der Waals surface area contributed by atoms with Crippen molar-refractivity contribution in [2.45, 2.75) is 50.6 Å². The van der Waals surface area contributed by atoms with Crippen LogP contribution in [0.4, 0.5) is 9.59 Å². The molecule has 182 valence electrons. The minimum Gasteiger partial charge on any atom is -0.322 e. The molecule has 3 fully saturated rings. The average molecular weight is 478 g/mol. The molecule has 1 saturated carbocycles. The molecule has 2 heterocycles. The van der Waals surface area contributed by atoms with Gasteiger partial charge in [0.15, 0.2) is 0 Å². The topological polar surface area (TPSA) is 128 Å². The molecule has 3 N–H and O–H groups in total. The number of hydrogen-bond acceptors (Lipinski definition) is 5. The fraction of sp³-hybridized carbons (Fsp3) is 0.400. The quantitative estimate of drug-likeness (QED) is 0.582. The summed E-state index contributed by atoms with van der Waals surface area (Å²) in [7, 11) is 0. The number of rotatable bonds is 4. The molecule has 1 spiro atoms. The van der Waals surface area contributed by atoms with Crippen LogP contribution in [0.25, 0.3) is 10.8 Å². The number of imide groups is 2. The Hall–Kier alpha value is -3.95. The normalized spacial score (nSPS) is 28.6. The van der Waals surface area contributed by atoms with Crippen LogP contribution in [0, 0.1) is 5.92 Å². The summed E-state index contributed by atoms with van der Waals surface area (Å²) in [5.74, 6) is -1.46. The Labute approximate surface area is 202 Å². The first kappa shape index (κ1) is 22.8. The van der Waals surface area contributed by atoms with Crippen LogP contribution in [0.5, 0.6) is 0 Å². The lowest BCUT2D eigenvalue weighted by Gasteiger charge is -2.33. The Morgan fingerprint density at radius 1 is 0.971 bits per heavy atom. The first-order valence-corrected chi connectivity index (χ1v) is 11.7. The molecule has 0 bridgehead atoms. The van der Waals surface area contributed by atoms with Gasteiger partial charge in [-0.1, -0.05) is 43.3 Å². The third-order valence-electron chi connectivity index (χ3n) is 7.43. The van der Waals surface area contributed by atoms with Crippen molar-refractivity contribution < 1.29 is 24.0 Å². The van der Waals surface area contributed by atoms with Gasteiger partial charge in [-0.25, -0.2) is 9.59 Å². The van der Waals surface area contributed by atoms with Crippen molar-refractivity contribution in [3.8, 4) is 0 Å². The molecule has 2 aromatic carbocycles. The number of carbonyl (C=O) groups is 5. The zero-order valence-electron chi connectivity index (χ0n) is 19.6. The molecule has 2 saturated heterocycles. The Morgan fingerprint density at radius 2 is 1.66 bits per heavy atom. The molecule has 2 aromatic rings. The molecule has 2 aliphatic heterocycles. The van der Waals surface area contributed by atoms with Gasteiger partial charge >= 0.3 is 12.1 Å².